The molecule has 1 aromatic rings. The van der Waals surface area contributed by atoms with Gasteiger partial charge in [-0.25, -0.2) is 9.59 Å². The lowest BCUT2D eigenvalue weighted by Gasteiger charge is -2.28. The molecule has 0 heterocycles. The molecule has 0 spiro atoms. The lowest BCUT2D eigenvalue weighted by molar-refractivity contribution is -0.00639. The molecule has 0 N–H and O–H groups in total. The molecule has 0 aliphatic heterocycles. The number of benzene rings is 1. The molecule has 0 fully saturated rings. The Labute approximate surface area is 207 Å². The van der Waals surface area contributed by atoms with Crippen LogP contribution >= 0.6 is 0 Å². The van der Waals surface area contributed by atoms with Crippen LogP contribution in [0.2, 0.25) is 0 Å². The predicted octanol–water partition coefficient (Wildman–Crippen LogP) is 7.64. The molecule has 34 heavy (non-hydrogen) atoms. The topological polar surface area (TPSA) is 61.8 Å². The first-order valence-corrected chi connectivity index (χ1v) is 13.0. The van der Waals surface area contributed by atoms with Gasteiger partial charge < -0.3 is 14.2 Å². The molecule has 1 unspecified atom stereocenters. The molecule has 0 saturated carbocycles. The first-order valence-electron chi connectivity index (χ1n) is 13.0. The van der Waals surface area contributed by atoms with E-state index in [1.807, 2.05) is 26.0 Å². The van der Waals surface area contributed by atoms with Crippen LogP contribution in [0.5, 0.6) is 0 Å². The minimum Gasteiger partial charge on any atom is -0.457 e. The van der Waals surface area contributed by atoms with Crippen molar-refractivity contribution in [2.24, 2.45) is 0 Å². The number of rotatable bonds is 16. The second kappa shape index (κ2) is 14.5. The standard InChI is InChI=1S/C29H48O5/c1-9-11-13-14-15-18-28(4,5)23-16-17-24(27(31)34-29(6,7)19-12-10-2)25(20-23)26(30)33-22(3)21-32-8/h16-17,20,22H,9-15,18-19,21H2,1-8H3. The maximum absolute atomic E-state index is 13.1. The summed E-state index contributed by atoms with van der Waals surface area (Å²) in [4.78, 5) is 26.3. The summed E-state index contributed by atoms with van der Waals surface area (Å²) in [5.74, 6) is -1.01. The van der Waals surface area contributed by atoms with Crippen molar-refractivity contribution in [3.05, 3.63) is 34.9 Å². The lowest BCUT2D eigenvalue weighted by Crippen LogP contribution is -2.30. The first-order chi connectivity index (χ1) is 16.0. The van der Waals surface area contributed by atoms with Crippen molar-refractivity contribution in [3.8, 4) is 0 Å². The third-order valence-corrected chi connectivity index (χ3v) is 6.36. The summed E-state index contributed by atoms with van der Waals surface area (Å²) >= 11 is 0. The average Bonchev–Trinajstić information content (AvgIpc) is 2.77. The second-order valence-electron chi connectivity index (χ2n) is 10.7. The highest BCUT2D eigenvalue weighted by molar-refractivity contribution is 6.03. The summed E-state index contributed by atoms with van der Waals surface area (Å²) in [5, 5.41) is 0. The van der Waals surface area contributed by atoms with E-state index in [9.17, 15) is 9.59 Å². The fourth-order valence-corrected chi connectivity index (χ4v) is 4.10. The molecule has 5 nitrogen and oxygen atoms in total. The largest absolute Gasteiger partial charge is 0.457 e. The van der Waals surface area contributed by atoms with Crippen LogP contribution in [0, 0.1) is 0 Å². The summed E-state index contributed by atoms with van der Waals surface area (Å²) in [5.41, 5.74) is 0.810. The van der Waals surface area contributed by atoms with Gasteiger partial charge in [-0.3, -0.25) is 0 Å². The minimum atomic E-state index is -0.603. The van der Waals surface area contributed by atoms with E-state index in [2.05, 4.69) is 27.7 Å². The number of ether oxygens (including phenoxy) is 3. The molecule has 0 amide bonds. The number of unbranched alkanes of at least 4 members (excludes halogenated alkanes) is 5. The molecule has 0 aliphatic carbocycles. The lowest BCUT2D eigenvalue weighted by atomic mass is 9.79. The molecule has 0 aromatic heterocycles. The quantitative estimate of drug-likeness (QED) is 0.181. The van der Waals surface area contributed by atoms with Crippen molar-refractivity contribution in [2.45, 2.75) is 123 Å². The van der Waals surface area contributed by atoms with Crippen LogP contribution < -0.4 is 0 Å². The predicted molar refractivity (Wildman–Crippen MR) is 139 cm³/mol. The Kier molecular flexibility index (Phi) is 12.9. The third kappa shape index (κ3) is 10.2. The van der Waals surface area contributed by atoms with E-state index in [1.165, 1.54) is 25.7 Å². The maximum Gasteiger partial charge on any atom is 0.339 e. The molecular formula is C29H48O5. The summed E-state index contributed by atoms with van der Waals surface area (Å²) in [7, 11) is 1.56. The Morgan fingerprint density at radius 3 is 2.12 bits per heavy atom. The number of hydrogen-bond acceptors (Lipinski definition) is 5. The second-order valence-corrected chi connectivity index (χ2v) is 10.7. The van der Waals surface area contributed by atoms with Crippen LogP contribution in [-0.4, -0.2) is 37.4 Å². The Hall–Kier alpha value is -1.88. The summed E-state index contributed by atoms with van der Waals surface area (Å²) in [6.07, 6.45) is 9.43. The van der Waals surface area contributed by atoms with Gasteiger partial charge in [-0.05, 0) is 63.1 Å². The molecule has 1 atom stereocenters. The highest BCUT2D eigenvalue weighted by Crippen LogP contribution is 2.32. The van der Waals surface area contributed by atoms with Crippen molar-refractivity contribution in [2.75, 3.05) is 13.7 Å². The normalized spacial score (nSPS) is 12.9. The Bertz CT molecular complexity index is 766. The van der Waals surface area contributed by atoms with E-state index >= 15 is 0 Å². The van der Waals surface area contributed by atoms with Gasteiger partial charge in [-0.15, -0.1) is 0 Å². The maximum atomic E-state index is 13.1. The van der Waals surface area contributed by atoms with Crippen LogP contribution in [0.15, 0.2) is 18.2 Å². The van der Waals surface area contributed by atoms with Gasteiger partial charge in [-0.2, -0.15) is 0 Å². The fourth-order valence-electron chi connectivity index (χ4n) is 4.10. The van der Waals surface area contributed by atoms with Gasteiger partial charge in [0.1, 0.15) is 11.7 Å². The smallest absolute Gasteiger partial charge is 0.339 e. The number of methoxy groups -OCH3 is 1. The Morgan fingerprint density at radius 2 is 1.50 bits per heavy atom. The molecule has 0 bridgehead atoms. The van der Waals surface area contributed by atoms with Crippen molar-refractivity contribution in [1.29, 1.82) is 0 Å². The van der Waals surface area contributed by atoms with Gasteiger partial charge in [0, 0.05) is 7.11 Å². The van der Waals surface area contributed by atoms with Gasteiger partial charge in [0.15, 0.2) is 0 Å². The van der Waals surface area contributed by atoms with Crippen LogP contribution in [0.1, 0.15) is 133 Å². The zero-order chi connectivity index (χ0) is 25.8. The van der Waals surface area contributed by atoms with Gasteiger partial charge in [0.2, 0.25) is 0 Å². The minimum absolute atomic E-state index is 0.123. The van der Waals surface area contributed by atoms with Gasteiger partial charge in [0.05, 0.1) is 17.7 Å². The molecule has 194 valence electrons. The highest BCUT2D eigenvalue weighted by Gasteiger charge is 2.29. The molecule has 1 rings (SSSR count). The van der Waals surface area contributed by atoms with E-state index in [1.54, 1.807) is 20.1 Å². The van der Waals surface area contributed by atoms with Gasteiger partial charge in [-0.1, -0.05) is 72.3 Å². The van der Waals surface area contributed by atoms with Crippen LogP contribution in [0.3, 0.4) is 0 Å². The first kappa shape index (κ1) is 30.2. The van der Waals surface area contributed by atoms with Crippen molar-refractivity contribution in [1.82, 2.24) is 0 Å². The van der Waals surface area contributed by atoms with Crippen LogP contribution in [0.25, 0.3) is 0 Å². The molecule has 0 radical (unpaired) electrons. The zero-order valence-corrected chi connectivity index (χ0v) is 22.9. The van der Waals surface area contributed by atoms with Crippen LogP contribution in [0.4, 0.5) is 0 Å². The summed E-state index contributed by atoms with van der Waals surface area (Å²) in [6, 6.07) is 5.50. The van der Waals surface area contributed by atoms with Crippen molar-refractivity contribution >= 4 is 11.9 Å². The van der Waals surface area contributed by atoms with Crippen molar-refractivity contribution in [3.63, 3.8) is 0 Å². The van der Waals surface area contributed by atoms with E-state index < -0.39 is 23.6 Å². The molecule has 0 saturated heterocycles. The zero-order valence-electron chi connectivity index (χ0n) is 22.9. The van der Waals surface area contributed by atoms with Gasteiger partial charge >= 0.3 is 11.9 Å². The number of hydrogen-bond donors (Lipinski definition) is 0. The SMILES string of the molecule is CCCCCCCC(C)(C)c1ccc(C(=O)OC(C)(C)CCCC)c(C(=O)OC(C)COC)c1. The van der Waals surface area contributed by atoms with E-state index in [-0.39, 0.29) is 16.5 Å². The van der Waals surface area contributed by atoms with Gasteiger partial charge in [0.25, 0.3) is 0 Å². The Balaban J connectivity index is 3.20. The van der Waals surface area contributed by atoms with E-state index in [4.69, 9.17) is 14.2 Å². The summed E-state index contributed by atoms with van der Waals surface area (Å²) in [6.45, 7) is 14.6. The molecule has 0 aliphatic rings. The number of carbonyl (C=O) groups is 2. The van der Waals surface area contributed by atoms with Crippen LogP contribution in [-0.2, 0) is 19.6 Å². The third-order valence-electron chi connectivity index (χ3n) is 6.36. The monoisotopic (exact) mass is 476 g/mol. The average molecular weight is 477 g/mol. The fraction of sp³-hybridized carbons (Fsp3) is 0.724. The van der Waals surface area contributed by atoms with Crippen molar-refractivity contribution < 1.29 is 23.8 Å². The molecule has 5 heteroatoms. The van der Waals surface area contributed by atoms with E-state index in [0.29, 0.717) is 6.61 Å². The molecular weight excluding hydrogens is 428 g/mol. The van der Waals surface area contributed by atoms with E-state index in [0.717, 1.165) is 37.7 Å². The Morgan fingerprint density at radius 1 is 0.853 bits per heavy atom. The summed E-state index contributed by atoms with van der Waals surface area (Å²) < 4.78 is 16.5. The highest BCUT2D eigenvalue weighted by atomic mass is 16.6. The molecule has 1 aromatic carbocycles. The number of carbonyl (C=O) groups excluding carboxylic acids is 2. The number of esters is 2.